The van der Waals surface area contributed by atoms with Crippen LogP contribution in [0.5, 0.6) is 0 Å². The molecule has 0 bridgehead atoms. The minimum atomic E-state index is -0.477. The summed E-state index contributed by atoms with van der Waals surface area (Å²) in [6, 6.07) is 3.98. The van der Waals surface area contributed by atoms with Gasteiger partial charge in [-0.15, -0.1) is 0 Å². The molecule has 0 aromatic carbocycles. The van der Waals surface area contributed by atoms with Gasteiger partial charge in [-0.3, -0.25) is 4.79 Å². The number of rotatable bonds is 9. The van der Waals surface area contributed by atoms with Crippen LogP contribution in [0.15, 0.2) is 18.3 Å². The zero-order valence-corrected chi connectivity index (χ0v) is 14.1. The van der Waals surface area contributed by atoms with Crippen molar-refractivity contribution in [2.24, 2.45) is 0 Å². The van der Waals surface area contributed by atoms with Crippen LogP contribution >= 0.6 is 0 Å². The van der Waals surface area contributed by atoms with Crippen LogP contribution < -0.4 is 10.2 Å². The molecule has 1 fully saturated rings. The summed E-state index contributed by atoms with van der Waals surface area (Å²) in [6.45, 7) is 7.90. The number of hydrogen-bond acceptors (Lipinski definition) is 5. The van der Waals surface area contributed by atoms with E-state index in [0.29, 0.717) is 26.4 Å². The van der Waals surface area contributed by atoms with Crippen molar-refractivity contribution < 1.29 is 14.3 Å². The number of amides is 1. The van der Waals surface area contributed by atoms with Crippen LogP contribution in [0.4, 0.5) is 5.82 Å². The smallest absolute Gasteiger partial charge is 0.249 e. The highest BCUT2D eigenvalue weighted by Gasteiger charge is 2.15. The van der Waals surface area contributed by atoms with Gasteiger partial charge in [-0.1, -0.05) is 0 Å². The van der Waals surface area contributed by atoms with E-state index in [9.17, 15) is 4.79 Å². The number of nitrogens with zero attached hydrogens (tertiary/aromatic N) is 2. The molecule has 6 heteroatoms. The van der Waals surface area contributed by atoms with Gasteiger partial charge in [-0.2, -0.15) is 0 Å². The van der Waals surface area contributed by atoms with Gasteiger partial charge in [0.05, 0.1) is 13.2 Å². The second-order valence-electron chi connectivity index (χ2n) is 5.64. The van der Waals surface area contributed by atoms with E-state index >= 15 is 0 Å². The summed E-state index contributed by atoms with van der Waals surface area (Å²) >= 11 is 0. The molecule has 1 aromatic heterocycles. The van der Waals surface area contributed by atoms with Crippen molar-refractivity contribution in [1.82, 2.24) is 10.3 Å². The molecular formula is C17H27N3O3. The molecular weight excluding hydrogens is 294 g/mol. The lowest BCUT2D eigenvalue weighted by molar-refractivity contribution is -0.132. The summed E-state index contributed by atoms with van der Waals surface area (Å²) < 4.78 is 10.6. The Morgan fingerprint density at radius 1 is 1.39 bits per heavy atom. The van der Waals surface area contributed by atoms with E-state index in [1.165, 1.54) is 12.8 Å². The summed E-state index contributed by atoms with van der Waals surface area (Å²) in [4.78, 5) is 18.7. The first-order valence-corrected chi connectivity index (χ1v) is 8.37. The summed E-state index contributed by atoms with van der Waals surface area (Å²) in [5.41, 5.74) is 1.05. The molecule has 1 amide bonds. The molecule has 1 N–H and O–H groups in total. The number of hydrogen-bond donors (Lipinski definition) is 1. The Balaban J connectivity index is 1.76. The maximum absolute atomic E-state index is 12.0. The first-order valence-electron chi connectivity index (χ1n) is 8.37. The number of carbonyl (C=O) groups excluding carboxylic acids is 1. The topological polar surface area (TPSA) is 63.7 Å². The van der Waals surface area contributed by atoms with E-state index < -0.39 is 6.10 Å². The van der Waals surface area contributed by atoms with Gasteiger partial charge in [0.2, 0.25) is 5.91 Å². The fourth-order valence-corrected chi connectivity index (χ4v) is 2.53. The molecule has 0 saturated carbocycles. The molecule has 6 nitrogen and oxygen atoms in total. The van der Waals surface area contributed by atoms with E-state index in [1.54, 1.807) is 13.1 Å². The predicted octanol–water partition coefficient (Wildman–Crippen LogP) is 1.74. The maximum Gasteiger partial charge on any atom is 0.249 e. The molecule has 2 rings (SSSR count). The molecule has 1 aromatic rings. The van der Waals surface area contributed by atoms with Gasteiger partial charge in [-0.05, 0) is 44.4 Å². The second-order valence-corrected chi connectivity index (χ2v) is 5.64. The van der Waals surface area contributed by atoms with Gasteiger partial charge in [0.1, 0.15) is 11.9 Å². The Morgan fingerprint density at radius 2 is 2.17 bits per heavy atom. The summed E-state index contributed by atoms with van der Waals surface area (Å²) in [5, 5.41) is 2.91. The highest BCUT2D eigenvalue weighted by atomic mass is 16.5. The third-order valence-corrected chi connectivity index (χ3v) is 3.88. The average molecular weight is 321 g/mol. The van der Waals surface area contributed by atoms with Crippen molar-refractivity contribution >= 4 is 11.7 Å². The molecule has 23 heavy (non-hydrogen) atoms. The van der Waals surface area contributed by atoms with E-state index in [1.807, 2.05) is 19.1 Å². The molecule has 1 aliphatic heterocycles. The van der Waals surface area contributed by atoms with Crippen molar-refractivity contribution in [3.63, 3.8) is 0 Å². The molecule has 1 aliphatic rings. The van der Waals surface area contributed by atoms with Gasteiger partial charge in [-0.25, -0.2) is 4.98 Å². The zero-order chi connectivity index (χ0) is 16.5. The Morgan fingerprint density at radius 3 is 2.91 bits per heavy atom. The van der Waals surface area contributed by atoms with Crippen LogP contribution in [0, 0.1) is 0 Å². The van der Waals surface area contributed by atoms with E-state index in [4.69, 9.17) is 9.47 Å². The Hall–Kier alpha value is -1.66. The molecule has 1 unspecified atom stereocenters. The van der Waals surface area contributed by atoms with Crippen molar-refractivity contribution in [1.29, 1.82) is 0 Å². The average Bonchev–Trinajstić information content (AvgIpc) is 3.11. The number of carbonyl (C=O) groups is 1. The van der Waals surface area contributed by atoms with E-state index in [2.05, 4.69) is 15.2 Å². The van der Waals surface area contributed by atoms with Gasteiger partial charge in [0, 0.05) is 32.4 Å². The maximum atomic E-state index is 12.0. The molecule has 0 radical (unpaired) electrons. The largest absolute Gasteiger partial charge is 0.379 e. The quantitative estimate of drug-likeness (QED) is 0.702. The van der Waals surface area contributed by atoms with Crippen LogP contribution in [0.1, 0.15) is 32.3 Å². The van der Waals surface area contributed by atoms with Gasteiger partial charge >= 0.3 is 0 Å². The van der Waals surface area contributed by atoms with E-state index in [0.717, 1.165) is 24.5 Å². The lowest BCUT2D eigenvalue weighted by atomic mass is 10.2. The fourth-order valence-electron chi connectivity index (χ4n) is 2.53. The van der Waals surface area contributed by atoms with Crippen LogP contribution in [0.2, 0.25) is 0 Å². The SMILES string of the molecule is CCOCCOC(C)C(=O)NCc1ccnc(N2CCCC2)c1. The highest BCUT2D eigenvalue weighted by Crippen LogP contribution is 2.18. The Kier molecular flexibility index (Phi) is 7.29. The van der Waals surface area contributed by atoms with Gasteiger partial charge in [0.25, 0.3) is 0 Å². The lowest BCUT2D eigenvalue weighted by Crippen LogP contribution is -2.34. The standard InChI is InChI=1S/C17H27N3O3/c1-3-22-10-11-23-14(2)17(21)19-13-15-6-7-18-16(12-15)20-8-4-5-9-20/h6-7,12,14H,3-5,8-11,13H2,1-2H3,(H,19,21). The van der Waals surface area contributed by atoms with Crippen LogP contribution in [0.25, 0.3) is 0 Å². The van der Waals surface area contributed by atoms with Crippen LogP contribution in [0.3, 0.4) is 0 Å². The molecule has 1 saturated heterocycles. The first kappa shape index (κ1) is 17.7. The minimum absolute atomic E-state index is 0.110. The van der Waals surface area contributed by atoms with Crippen LogP contribution in [-0.4, -0.2) is 49.9 Å². The first-order chi connectivity index (χ1) is 11.2. The van der Waals surface area contributed by atoms with Crippen molar-refractivity contribution in [2.75, 3.05) is 37.8 Å². The van der Waals surface area contributed by atoms with Crippen molar-refractivity contribution in [3.8, 4) is 0 Å². The minimum Gasteiger partial charge on any atom is -0.379 e. The summed E-state index contributed by atoms with van der Waals surface area (Å²) in [7, 11) is 0. The predicted molar refractivity (Wildman–Crippen MR) is 89.4 cm³/mol. The van der Waals surface area contributed by atoms with Crippen molar-refractivity contribution in [3.05, 3.63) is 23.9 Å². The molecule has 2 heterocycles. The molecule has 0 aliphatic carbocycles. The zero-order valence-electron chi connectivity index (χ0n) is 14.1. The Bertz CT molecular complexity index is 490. The number of nitrogens with one attached hydrogen (secondary N) is 1. The monoisotopic (exact) mass is 321 g/mol. The summed E-state index contributed by atoms with van der Waals surface area (Å²) in [6.07, 6.45) is 3.77. The third-order valence-electron chi connectivity index (χ3n) is 3.88. The number of aromatic nitrogens is 1. The molecule has 128 valence electrons. The van der Waals surface area contributed by atoms with Gasteiger partial charge in [0.15, 0.2) is 0 Å². The highest BCUT2D eigenvalue weighted by molar-refractivity contribution is 5.80. The summed E-state index contributed by atoms with van der Waals surface area (Å²) in [5.74, 6) is 0.885. The van der Waals surface area contributed by atoms with Crippen LogP contribution in [-0.2, 0) is 20.8 Å². The molecule has 1 atom stereocenters. The Labute approximate surface area is 138 Å². The van der Waals surface area contributed by atoms with Crippen molar-refractivity contribution in [2.45, 2.75) is 39.3 Å². The number of anilines is 1. The lowest BCUT2D eigenvalue weighted by Gasteiger charge is -2.17. The molecule has 0 spiro atoms. The third kappa shape index (κ3) is 5.80. The number of ether oxygens (including phenoxy) is 2. The second kappa shape index (κ2) is 9.47. The normalized spacial score (nSPS) is 15.7. The van der Waals surface area contributed by atoms with E-state index in [-0.39, 0.29) is 5.91 Å². The van der Waals surface area contributed by atoms with Gasteiger partial charge < -0.3 is 19.7 Å². The number of pyridine rings is 1. The fraction of sp³-hybridized carbons (Fsp3) is 0.647.